The van der Waals surface area contributed by atoms with Crippen LogP contribution in [0.3, 0.4) is 0 Å². The van der Waals surface area contributed by atoms with Crippen LogP contribution in [0, 0.1) is 0 Å². The van der Waals surface area contributed by atoms with Crippen LogP contribution >= 0.6 is 0 Å². The Morgan fingerprint density at radius 2 is 1.28 bits per heavy atom. The molecule has 3 aromatic rings. The van der Waals surface area contributed by atoms with E-state index in [1.807, 2.05) is 72.5 Å². The maximum atomic E-state index is 12.5. The average Bonchev–Trinajstić information content (AvgIpc) is 2.73. The van der Waals surface area contributed by atoms with E-state index in [2.05, 4.69) is 16.0 Å². The van der Waals surface area contributed by atoms with E-state index in [0.717, 1.165) is 12.2 Å². The molecule has 0 aliphatic rings. The molecule has 0 heterocycles. The van der Waals surface area contributed by atoms with E-state index in [1.54, 1.807) is 24.3 Å². The Kier molecular flexibility index (Phi) is 6.84. The minimum absolute atomic E-state index is 0.124. The number of para-hydroxylation sites is 2. The molecule has 0 radical (unpaired) electrons. The number of likely N-dealkylation sites (N-methyl/N-ethyl adjacent to an activating group) is 1. The highest BCUT2D eigenvalue weighted by molar-refractivity contribution is 6.00. The Bertz CT molecular complexity index is 945. The Labute approximate surface area is 170 Å². The summed E-state index contributed by atoms with van der Waals surface area (Å²) in [6, 6.07) is 25.7. The number of amides is 3. The minimum atomic E-state index is -0.346. The van der Waals surface area contributed by atoms with Gasteiger partial charge in [0.05, 0.1) is 6.54 Å². The molecule has 0 fully saturated rings. The standard InChI is InChI=1S/C23H24N4O2/c1-2-27(21-14-7-4-8-15-21)17-22(28)24-19-12-9-13-20(16-19)26-23(29)25-18-10-5-3-6-11-18/h3-16H,2,17H2,1H3,(H,24,28)(H2,25,26,29). The summed E-state index contributed by atoms with van der Waals surface area (Å²) < 4.78 is 0. The predicted molar refractivity (Wildman–Crippen MR) is 118 cm³/mol. The minimum Gasteiger partial charge on any atom is -0.362 e. The van der Waals surface area contributed by atoms with Gasteiger partial charge in [-0.05, 0) is 49.4 Å². The molecule has 3 N–H and O–H groups in total. The molecule has 0 spiro atoms. The van der Waals surface area contributed by atoms with Crippen LogP contribution in [0.5, 0.6) is 0 Å². The van der Waals surface area contributed by atoms with Crippen molar-refractivity contribution in [3.8, 4) is 0 Å². The van der Waals surface area contributed by atoms with Crippen molar-refractivity contribution in [2.24, 2.45) is 0 Å². The van der Waals surface area contributed by atoms with Crippen molar-refractivity contribution in [3.63, 3.8) is 0 Å². The molecule has 0 aromatic heterocycles. The van der Waals surface area contributed by atoms with E-state index in [9.17, 15) is 9.59 Å². The summed E-state index contributed by atoms with van der Waals surface area (Å²) in [5, 5.41) is 8.42. The van der Waals surface area contributed by atoms with Crippen LogP contribution in [-0.4, -0.2) is 25.0 Å². The van der Waals surface area contributed by atoms with Gasteiger partial charge in [-0.3, -0.25) is 4.79 Å². The Hall–Kier alpha value is -3.80. The molecule has 29 heavy (non-hydrogen) atoms. The molecule has 6 heteroatoms. The second kappa shape index (κ2) is 9.94. The third kappa shape index (κ3) is 6.10. The van der Waals surface area contributed by atoms with Crippen molar-refractivity contribution in [1.29, 1.82) is 0 Å². The van der Waals surface area contributed by atoms with Crippen LogP contribution in [0.25, 0.3) is 0 Å². The second-order valence-corrected chi connectivity index (χ2v) is 6.42. The number of nitrogens with one attached hydrogen (secondary N) is 3. The van der Waals surface area contributed by atoms with Crippen molar-refractivity contribution < 1.29 is 9.59 Å². The van der Waals surface area contributed by atoms with Crippen molar-refractivity contribution in [2.75, 3.05) is 33.9 Å². The summed E-state index contributed by atoms with van der Waals surface area (Å²) in [4.78, 5) is 26.6. The maximum Gasteiger partial charge on any atom is 0.323 e. The molecular formula is C23H24N4O2. The highest BCUT2D eigenvalue weighted by atomic mass is 16.2. The fourth-order valence-electron chi connectivity index (χ4n) is 2.89. The number of carbonyl (C=O) groups excluding carboxylic acids is 2. The van der Waals surface area contributed by atoms with E-state index < -0.39 is 0 Å². The highest BCUT2D eigenvalue weighted by Gasteiger charge is 2.10. The summed E-state index contributed by atoms with van der Waals surface area (Å²) >= 11 is 0. The molecular weight excluding hydrogens is 364 g/mol. The van der Waals surface area contributed by atoms with Gasteiger partial charge in [-0.1, -0.05) is 42.5 Å². The van der Waals surface area contributed by atoms with Gasteiger partial charge >= 0.3 is 6.03 Å². The predicted octanol–water partition coefficient (Wildman–Crippen LogP) is 4.80. The van der Waals surface area contributed by atoms with Gasteiger partial charge in [-0.15, -0.1) is 0 Å². The SMILES string of the molecule is CCN(CC(=O)Nc1cccc(NC(=O)Nc2ccccc2)c1)c1ccccc1. The fraction of sp³-hybridized carbons (Fsp3) is 0.130. The van der Waals surface area contributed by atoms with Crippen LogP contribution < -0.4 is 20.9 Å². The lowest BCUT2D eigenvalue weighted by Crippen LogP contribution is -2.33. The van der Waals surface area contributed by atoms with Crippen molar-refractivity contribution in [1.82, 2.24) is 0 Å². The number of hydrogen-bond acceptors (Lipinski definition) is 3. The first-order valence-corrected chi connectivity index (χ1v) is 9.47. The molecule has 3 aromatic carbocycles. The second-order valence-electron chi connectivity index (χ2n) is 6.42. The Morgan fingerprint density at radius 3 is 1.93 bits per heavy atom. The number of nitrogens with zero attached hydrogens (tertiary/aromatic N) is 1. The monoisotopic (exact) mass is 388 g/mol. The molecule has 6 nitrogen and oxygen atoms in total. The van der Waals surface area contributed by atoms with Crippen molar-refractivity contribution in [3.05, 3.63) is 84.9 Å². The summed E-state index contributed by atoms with van der Waals surface area (Å²) in [5.41, 5.74) is 2.91. The first-order valence-electron chi connectivity index (χ1n) is 9.47. The summed E-state index contributed by atoms with van der Waals surface area (Å²) in [6.07, 6.45) is 0. The van der Waals surface area contributed by atoms with E-state index in [1.165, 1.54) is 0 Å². The van der Waals surface area contributed by atoms with Gasteiger partial charge in [0.2, 0.25) is 5.91 Å². The normalized spacial score (nSPS) is 10.1. The maximum absolute atomic E-state index is 12.5. The number of hydrogen-bond donors (Lipinski definition) is 3. The third-order valence-electron chi connectivity index (χ3n) is 4.27. The third-order valence-corrected chi connectivity index (χ3v) is 4.27. The Balaban J connectivity index is 1.57. The lowest BCUT2D eigenvalue weighted by atomic mass is 10.2. The van der Waals surface area contributed by atoms with Crippen molar-refractivity contribution >= 4 is 34.7 Å². The molecule has 0 saturated carbocycles. The lowest BCUT2D eigenvalue weighted by Gasteiger charge is -2.22. The van der Waals surface area contributed by atoms with E-state index in [0.29, 0.717) is 17.1 Å². The number of rotatable bonds is 7. The first-order chi connectivity index (χ1) is 14.1. The number of urea groups is 1. The molecule has 0 atom stereocenters. The summed E-state index contributed by atoms with van der Waals surface area (Å²) in [5.74, 6) is -0.124. The van der Waals surface area contributed by atoms with Gasteiger partial charge in [0, 0.05) is 29.3 Å². The molecule has 148 valence electrons. The Morgan fingerprint density at radius 1 is 0.724 bits per heavy atom. The van der Waals surface area contributed by atoms with E-state index in [-0.39, 0.29) is 18.5 Å². The van der Waals surface area contributed by atoms with E-state index in [4.69, 9.17) is 0 Å². The van der Waals surface area contributed by atoms with Crippen LogP contribution in [0.4, 0.5) is 27.5 Å². The molecule has 0 bridgehead atoms. The van der Waals surface area contributed by atoms with E-state index >= 15 is 0 Å². The van der Waals surface area contributed by atoms with Gasteiger partial charge in [0.1, 0.15) is 0 Å². The van der Waals surface area contributed by atoms with Crippen LogP contribution in [-0.2, 0) is 4.79 Å². The quantitative estimate of drug-likeness (QED) is 0.544. The zero-order chi connectivity index (χ0) is 20.5. The topological polar surface area (TPSA) is 73.5 Å². The number of anilines is 4. The molecule has 3 amide bonds. The van der Waals surface area contributed by atoms with Crippen LogP contribution in [0.1, 0.15) is 6.92 Å². The summed E-state index contributed by atoms with van der Waals surface area (Å²) in [6.45, 7) is 2.97. The molecule has 0 aliphatic heterocycles. The highest BCUT2D eigenvalue weighted by Crippen LogP contribution is 2.17. The van der Waals surface area contributed by atoms with Crippen LogP contribution in [0.2, 0.25) is 0 Å². The summed E-state index contributed by atoms with van der Waals surface area (Å²) in [7, 11) is 0. The van der Waals surface area contributed by atoms with Gasteiger partial charge < -0.3 is 20.9 Å². The zero-order valence-corrected chi connectivity index (χ0v) is 16.3. The lowest BCUT2D eigenvalue weighted by molar-refractivity contribution is -0.115. The molecule has 0 aliphatic carbocycles. The van der Waals surface area contributed by atoms with Gasteiger partial charge in [-0.2, -0.15) is 0 Å². The van der Waals surface area contributed by atoms with Gasteiger partial charge in [-0.25, -0.2) is 4.79 Å². The zero-order valence-electron chi connectivity index (χ0n) is 16.3. The van der Waals surface area contributed by atoms with Crippen molar-refractivity contribution in [2.45, 2.75) is 6.92 Å². The molecule has 3 rings (SSSR count). The van der Waals surface area contributed by atoms with Gasteiger partial charge in [0.15, 0.2) is 0 Å². The average molecular weight is 388 g/mol. The number of carbonyl (C=O) groups is 2. The first kappa shape index (κ1) is 19.9. The fourth-order valence-corrected chi connectivity index (χ4v) is 2.89. The molecule has 0 saturated heterocycles. The number of benzene rings is 3. The van der Waals surface area contributed by atoms with Crippen LogP contribution in [0.15, 0.2) is 84.9 Å². The largest absolute Gasteiger partial charge is 0.362 e. The smallest absolute Gasteiger partial charge is 0.323 e. The molecule has 0 unspecified atom stereocenters. The van der Waals surface area contributed by atoms with Gasteiger partial charge in [0.25, 0.3) is 0 Å².